The summed E-state index contributed by atoms with van der Waals surface area (Å²) in [6.45, 7) is -0.554. The number of hydrogen-bond donors (Lipinski definition) is 5. The molecule has 1 fully saturated rings. The summed E-state index contributed by atoms with van der Waals surface area (Å²) in [7, 11) is 1.80. The maximum absolute atomic E-state index is 9.34. The Kier molecular flexibility index (Phi) is 3.24. The van der Waals surface area contributed by atoms with Crippen molar-refractivity contribution in [3.8, 4) is 0 Å². The van der Waals surface area contributed by atoms with Crippen molar-refractivity contribution in [1.82, 2.24) is 0 Å². The molecule has 1 aliphatic rings. The minimum absolute atomic E-state index is 0.554. The van der Waals surface area contributed by atoms with E-state index in [1.54, 1.807) is 9.24 Å². The van der Waals surface area contributed by atoms with Gasteiger partial charge in [0.15, 0.2) is 0 Å². The molecule has 0 spiro atoms. The van der Waals surface area contributed by atoms with Gasteiger partial charge in [-0.15, -0.1) is 0 Å². The van der Waals surface area contributed by atoms with Crippen LogP contribution in [0.4, 0.5) is 0 Å². The summed E-state index contributed by atoms with van der Waals surface area (Å²) in [5.41, 5.74) is -2.04. The number of rotatable bonds is 1. The molecule has 7 heteroatoms. The van der Waals surface area contributed by atoms with Crippen molar-refractivity contribution >= 4 is 9.24 Å². The summed E-state index contributed by atoms with van der Waals surface area (Å²) in [5.74, 6) is 0. The smallest absolute Gasteiger partial charge is 0.208 e. The number of aliphatic hydroxyl groups excluding tert-OH is 4. The maximum atomic E-state index is 9.34. The Hall–Kier alpha value is 0.190. The molecule has 0 amide bonds. The normalized spacial score (nSPS) is 52.2. The van der Waals surface area contributed by atoms with E-state index < -0.39 is 36.6 Å². The zero-order chi connectivity index (χ0) is 10.2. The lowest BCUT2D eigenvalue weighted by atomic mass is 9.99. The van der Waals surface area contributed by atoms with Crippen molar-refractivity contribution in [1.29, 1.82) is 0 Å². The molecule has 5 N–H and O–H groups in total. The van der Waals surface area contributed by atoms with Crippen LogP contribution < -0.4 is 0 Å². The third-order valence-corrected chi connectivity index (χ3v) is 2.48. The Bertz CT molecular complexity index is 184. The van der Waals surface area contributed by atoms with E-state index in [9.17, 15) is 20.4 Å². The molecule has 13 heavy (non-hydrogen) atoms. The summed E-state index contributed by atoms with van der Waals surface area (Å²) in [6.07, 6.45) is -5.70. The van der Waals surface area contributed by atoms with E-state index in [4.69, 9.17) is 9.84 Å². The van der Waals surface area contributed by atoms with Gasteiger partial charge in [-0.2, -0.15) is 0 Å². The van der Waals surface area contributed by atoms with Crippen LogP contribution in [0.15, 0.2) is 0 Å². The fraction of sp³-hybridized carbons (Fsp3) is 1.00. The van der Waals surface area contributed by atoms with Gasteiger partial charge in [-0.05, 0) is 0 Å². The van der Waals surface area contributed by atoms with Crippen LogP contribution in [0.2, 0.25) is 0 Å². The molecule has 1 rings (SSSR count). The van der Waals surface area contributed by atoms with Gasteiger partial charge in [-0.3, -0.25) is 0 Å². The molecule has 0 bridgehead atoms. The van der Waals surface area contributed by atoms with E-state index in [0.29, 0.717) is 0 Å². The van der Waals surface area contributed by atoms with Gasteiger partial charge in [-0.25, -0.2) is 0 Å². The minimum atomic E-state index is -2.04. The fourth-order valence-electron chi connectivity index (χ4n) is 1.18. The van der Waals surface area contributed by atoms with Gasteiger partial charge < -0.3 is 30.3 Å². The second kappa shape index (κ2) is 3.74. The van der Waals surface area contributed by atoms with E-state index in [-0.39, 0.29) is 0 Å². The van der Waals surface area contributed by atoms with E-state index in [1.807, 2.05) is 0 Å². The Morgan fingerprint density at radius 3 is 2.23 bits per heavy atom. The second-order valence-corrected chi connectivity index (χ2v) is 3.84. The third-order valence-electron chi connectivity index (χ3n) is 2.00. The van der Waals surface area contributed by atoms with Crippen LogP contribution in [0.3, 0.4) is 0 Å². The lowest BCUT2D eigenvalue weighted by Gasteiger charge is -2.43. The van der Waals surface area contributed by atoms with Gasteiger partial charge in [0.25, 0.3) is 0 Å². The SMILES string of the molecule is OC[C@H]1OC(O)(P)[C@H](O)[C@@H](O)[C@@H]1O. The predicted octanol–water partition coefficient (Wildman–Crippen LogP) is -3.02. The average Bonchev–Trinajstić information content (AvgIpc) is 2.08. The average molecular weight is 212 g/mol. The minimum Gasteiger partial charge on any atom is -0.394 e. The summed E-state index contributed by atoms with van der Waals surface area (Å²) in [5, 5.41) is 45.7. The van der Waals surface area contributed by atoms with Gasteiger partial charge in [0, 0.05) is 0 Å². The zero-order valence-corrected chi connectivity index (χ0v) is 7.89. The Morgan fingerprint density at radius 1 is 1.23 bits per heavy atom. The van der Waals surface area contributed by atoms with Gasteiger partial charge in [0.1, 0.15) is 24.4 Å². The van der Waals surface area contributed by atoms with Crippen LogP contribution in [0, 0.1) is 0 Å². The molecule has 1 aliphatic heterocycles. The lowest BCUT2D eigenvalue weighted by Crippen LogP contribution is -2.62. The molecule has 6 nitrogen and oxygen atoms in total. The Labute approximate surface area is 77.0 Å². The molecule has 0 aromatic rings. The number of hydrogen-bond acceptors (Lipinski definition) is 6. The Morgan fingerprint density at radius 2 is 1.77 bits per heavy atom. The van der Waals surface area contributed by atoms with Crippen LogP contribution in [0.1, 0.15) is 0 Å². The molecule has 0 aromatic carbocycles. The van der Waals surface area contributed by atoms with Crippen molar-refractivity contribution in [3.05, 3.63) is 0 Å². The quantitative estimate of drug-likeness (QED) is 0.296. The van der Waals surface area contributed by atoms with E-state index >= 15 is 0 Å². The molecule has 0 saturated carbocycles. The van der Waals surface area contributed by atoms with E-state index in [0.717, 1.165) is 0 Å². The van der Waals surface area contributed by atoms with Gasteiger partial charge >= 0.3 is 0 Å². The highest BCUT2D eigenvalue weighted by molar-refractivity contribution is 7.18. The summed E-state index contributed by atoms with van der Waals surface area (Å²) in [4.78, 5) is 0. The zero-order valence-electron chi connectivity index (χ0n) is 6.74. The second-order valence-electron chi connectivity index (χ2n) is 3.02. The predicted molar refractivity (Wildman–Crippen MR) is 44.6 cm³/mol. The van der Waals surface area contributed by atoms with E-state index in [2.05, 4.69) is 0 Å². The van der Waals surface area contributed by atoms with Crippen molar-refractivity contribution in [3.63, 3.8) is 0 Å². The van der Waals surface area contributed by atoms with E-state index in [1.165, 1.54) is 0 Å². The molecular weight excluding hydrogens is 199 g/mol. The van der Waals surface area contributed by atoms with Crippen molar-refractivity contribution in [2.45, 2.75) is 29.9 Å². The highest BCUT2D eigenvalue weighted by Crippen LogP contribution is 2.32. The lowest BCUT2D eigenvalue weighted by molar-refractivity contribution is -0.306. The van der Waals surface area contributed by atoms with Crippen LogP contribution >= 0.6 is 9.24 Å². The van der Waals surface area contributed by atoms with Gasteiger partial charge in [-0.1, -0.05) is 9.24 Å². The molecule has 0 aliphatic carbocycles. The summed E-state index contributed by atoms with van der Waals surface area (Å²) >= 11 is 0. The molecule has 1 heterocycles. The molecule has 2 unspecified atom stereocenters. The monoisotopic (exact) mass is 212 g/mol. The summed E-state index contributed by atoms with van der Waals surface area (Å²) in [6, 6.07) is 0. The largest absolute Gasteiger partial charge is 0.394 e. The molecule has 6 atom stereocenters. The topological polar surface area (TPSA) is 110 Å². The first-order chi connectivity index (χ1) is 5.90. The van der Waals surface area contributed by atoms with Gasteiger partial charge in [0.2, 0.25) is 5.53 Å². The van der Waals surface area contributed by atoms with Gasteiger partial charge in [0.05, 0.1) is 6.61 Å². The van der Waals surface area contributed by atoms with Crippen molar-refractivity contribution in [2.75, 3.05) is 6.61 Å². The van der Waals surface area contributed by atoms with Crippen molar-refractivity contribution < 1.29 is 30.3 Å². The fourth-order valence-corrected chi connectivity index (χ4v) is 1.55. The van der Waals surface area contributed by atoms with Crippen LogP contribution in [-0.2, 0) is 4.74 Å². The molecule has 1 saturated heterocycles. The molecule has 0 radical (unpaired) electrons. The van der Waals surface area contributed by atoms with Crippen LogP contribution in [0.5, 0.6) is 0 Å². The van der Waals surface area contributed by atoms with Crippen LogP contribution in [-0.4, -0.2) is 62.1 Å². The standard InChI is InChI=1S/C6H13O6P/c7-1-2-3(8)4(9)5(10)6(11,13)12-2/h2-5,7-11H,1,13H2/t2-,3-,4+,5-,6?/m1/s1. The third kappa shape index (κ3) is 1.99. The number of ether oxygens (including phenoxy) is 1. The molecular formula is C6H13O6P. The summed E-state index contributed by atoms with van der Waals surface area (Å²) < 4.78 is 4.73. The Balaban J connectivity index is 2.79. The number of aliphatic hydroxyl groups is 5. The molecule has 0 aromatic heterocycles. The van der Waals surface area contributed by atoms with Crippen LogP contribution in [0.25, 0.3) is 0 Å². The molecule has 78 valence electrons. The van der Waals surface area contributed by atoms with Crippen molar-refractivity contribution in [2.24, 2.45) is 0 Å². The first kappa shape index (κ1) is 11.3. The maximum Gasteiger partial charge on any atom is 0.208 e. The first-order valence-electron chi connectivity index (χ1n) is 3.74. The highest BCUT2D eigenvalue weighted by atomic mass is 31.0. The first-order valence-corrected chi connectivity index (χ1v) is 4.32. The highest BCUT2D eigenvalue weighted by Gasteiger charge is 2.49.